The molecule has 0 spiro atoms. The molecule has 0 radical (unpaired) electrons. The minimum Gasteiger partial charge on any atom is -0.465 e. The molecule has 0 fully saturated rings. The Morgan fingerprint density at radius 2 is 2.25 bits per heavy atom. The lowest BCUT2D eigenvalue weighted by molar-refractivity contribution is 0.0599. The molecule has 0 atom stereocenters. The lowest BCUT2D eigenvalue weighted by Gasteiger charge is -2.18. The summed E-state index contributed by atoms with van der Waals surface area (Å²) in [4.78, 5) is 11.3. The Morgan fingerprint density at radius 1 is 1.56 bits per heavy atom. The summed E-state index contributed by atoms with van der Waals surface area (Å²) < 4.78 is 17.4. The number of aliphatic hydroxyl groups excluding tert-OH is 1. The van der Waals surface area contributed by atoms with Gasteiger partial charge in [-0.25, -0.2) is 9.18 Å². The molecule has 2 N–H and O–H groups in total. The van der Waals surface area contributed by atoms with E-state index in [1.807, 2.05) is 0 Å². The van der Waals surface area contributed by atoms with Gasteiger partial charge in [0.25, 0.3) is 0 Å². The Bertz CT molecular complexity index is 383. The molecule has 6 heteroatoms. The van der Waals surface area contributed by atoms with Gasteiger partial charge in [-0.15, -0.1) is 0 Å². The van der Waals surface area contributed by atoms with Crippen LogP contribution in [0.4, 0.5) is 10.1 Å². The molecule has 1 aromatic rings. The molecule has 0 aliphatic rings. The molecular weight excluding hydrogens is 217 g/mol. The van der Waals surface area contributed by atoms with E-state index in [4.69, 9.17) is 5.11 Å². The molecule has 16 heavy (non-hydrogen) atoms. The van der Waals surface area contributed by atoms with E-state index < -0.39 is 11.8 Å². The number of benzene rings is 1. The monoisotopic (exact) mass is 229 g/mol. The van der Waals surface area contributed by atoms with Gasteiger partial charge in [-0.1, -0.05) is 0 Å². The number of halogens is 1. The highest BCUT2D eigenvalue weighted by molar-refractivity contribution is 5.95. The van der Waals surface area contributed by atoms with Crippen molar-refractivity contribution < 1.29 is 24.2 Å². The average molecular weight is 229 g/mol. The first-order valence-corrected chi connectivity index (χ1v) is 4.55. The maximum Gasteiger partial charge on any atom is 0.340 e. The summed E-state index contributed by atoms with van der Waals surface area (Å²) >= 11 is 0. The number of carbonyl (C=O) groups is 1. The minimum absolute atomic E-state index is 0.0276. The van der Waals surface area contributed by atoms with Crippen molar-refractivity contribution in [3.05, 3.63) is 29.6 Å². The largest absolute Gasteiger partial charge is 0.465 e. The molecule has 0 saturated carbocycles. The molecule has 5 nitrogen and oxygen atoms in total. The highest BCUT2D eigenvalue weighted by Crippen LogP contribution is 2.21. The molecule has 0 heterocycles. The zero-order valence-corrected chi connectivity index (χ0v) is 8.68. The average Bonchev–Trinajstić information content (AvgIpc) is 2.28. The van der Waals surface area contributed by atoms with Gasteiger partial charge in [-0.2, -0.15) is 0 Å². The van der Waals surface area contributed by atoms with Crippen molar-refractivity contribution in [2.24, 2.45) is 0 Å². The summed E-state index contributed by atoms with van der Waals surface area (Å²) in [5, 5.41) is 18.7. The number of carbonyl (C=O) groups excluding carboxylic acids is 1. The van der Waals surface area contributed by atoms with Crippen LogP contribution in [0.1, 0.15) is 10.4 Å². The van der Waals surface area contributed by atoms with E-state index in [0.29, 0.717) is 5.06 Å². The van der Waals surface area contributed by atoms with Crippen molar-refractivity contribution in [2.75, 3.05) is 25.3 Å². The van der Waals surface area contributed by atoms with Gasteiger partial charge in [0.05, 0.1) is 31.5 Å². The third-order valence-corrected chi connectivity index (χ3v) is 1.95. The van der Waals surface area contributed by atoms with Crippen molar-refractivity contribution in [1.29, 1.82) is 0 Å². The van der Waals surface area contributed by atoms with E-state index in [0.717, 1.165) is 12.1 Å². The lowest BCUT2D eigenvalue weighted by Crippen LogP contribution is -2.24. The number of hydrogen-bond acceptors (Lipinski definition) is 5. The van der Waals surface area contributed by atoms with Gasteiger partial charge in [-0.3, -0.25) is 10.3 Å². The van der Waals surface area contributed by atoms with Crippen LogP contribution in [0.15, 0.2) is 18.2 Å². The third kappa shape index (κ3) is 2.68. The van der Waals surface area contributed by atoms with Crippen molar-refractivity contribution in [3.63, 3.8) is 0 Å². The van der Waals surface area contributed by atoms with Gasteiger partial charge in [0, 0.05) is 6.07 Å². The van der Waals surface area contributed by atoms with Crippen LogP contribution in [-0.2, 0) is 4.74 Å². The number of esters is 1. The van der Waals surface area contributed by atoms with E-state index in [1.165, 1.54) is 13.2 Å². The fourth-order valence-corrected chi connectivity index (χ4v) is 1.22. The maximum absolute atomic E-state index is 13.0. The van der Waals surface area contributed by atoms with Gasteiger partial charge in [0.1, 0.15) is 5.82 Å². The predicted molar refractivity (Wildman–Crippen MR) is 54.0 cm³/mol. The van der Waals surface area contributed by atoms with Crippen LogP contribution in [0.2, 0.25) is 0 Å². The zero-order chi connectivity index (χ0) is 12.1. The number of ether oxygens (including phenoxy) is 1. The van der Waals surface area contributed by atoms with Crippen LogP contribution in [0, 0.1) is 5.82 Å². The summed E-state index contributed by atoms with van der Waals surface area (Å²) in [5.41, 5.74) is -0.0132. The predicted octanol–water partition coefficient (Wildman–Crippen LogP) is 0.800. The number of anilines is 1. The van der Waals surface area contributed by atoms with E-state index in [1.54, 1.807) is 0 Å². The third-order valence-electron chi connectivity index (χ3n) is 1.95. The second kappa shape index (κ2) is 5.43. The fraction of sp³-hybridized carbons (Fsp3) is 0.300. The Kier molecular flexibility index (Phi) is 4.21. The molecule has 1 rings (SSSR count). The Labute approximate surface area is 91.6 Å². The molecular formula is C10H12FNO4. The quantitative estimate of drug-likeness (QED) is 0.590. The Balaban J connectivity index is 3.12. The van der Waals surface area contributed by atoms with E-state index >= 15 is 0 Å². The van der Waals surface area contributed by atoms with Crippen LogP contribution < -0.4 is 5.06 Å². The summed E-state index contributed by atoms with van der Waals surface area (Å²) in [6, 6.07) is 3.28. The van der Waals surface area contributed by atoms with Crippen molar-refractivity contribution >= 4 is 11.7 Å². The second-order valence-electron chi connectivity index (χ2n) is 3.00. The molecule has 0 saturated heterocycles. The van der Waals surface area contributed by atoms with Crippen LogP contribution in [-0.4, -0.2) is 36.5 Å². The Morgan fingerprint density at radius 3 is 2.81 bits per heavy atom. The molecule has 0 bridgehead atoms. The number of rotatable bonds is 4. The molecule has 0 aliphatic heterocycles. The van der Waals surface area contributed by atoms with E-state index in [9.17, 15) is 14.4 Å². The van der Waals surface area contributed by atoms with Crippen molar-refractivity contribution in [2.45, 2.75) is 0 Å². The van der Waals surface area contributed by atoms with Gasteiger partial charge in [0.15, 0.2) is 0 Å². The summed E-state index contributed by atoms with van der Waals surface area (Å²) in [5.74, 6) is -1.29. The van der Waals surface area contributed by atoms with Crippen molar-refractivity contribution in [1.82, 2.24) is 0 Å². The van der Waals surface area contributed by atoms with Gasteiger partial charge in [-0.05, 0) is 12.1 Å². The summed E-state index contributed by atoms with van der Waals surface area (Å²) in [6.45, 7) is -0.457. The minimum atomic E-state index is -0.688. The smallest absolute Gasteiger partial charge is 0.340 e. The number of hydroxylamine groups is 1. The number of hydrogen-bond donors (Lipinski definition) is 2. The second-order valence-corrected chi connectivity index (χ2v) is 3.00. The SMILES string of the molecule is COC(=O)c1ccc(F)cc1N(O)CCO. The van der Waals surface area contributed by atoms with Crippen LogP contribution in [0.25, 0.3) is 0 Å². The summed E-state index contributed by atoms with van der Waals surface area (Å²) in [6.07, 6.45) is 0. The first-order chi connectivity index (χ1) is 7.60. The first-order valence-electron chi connectivity index (χ1n) is 4.55. The topological polar surface area (TPSA) is 70.0 Å². The van der Waals surface area contributed by atoms with E-state index in [-0.39, 0.29) is 24.4 Å². The van der Waals surface area contributed by atoms with Crippen molar-refractivity contribution in [3.8, 4) is 0 Å². The summed E-state index contributed by atoms with van der Waals surface area (Å²) in [7, 11) is 1.18. The molecule has 0 unspecified atom stereocenters. The highest BCUT2D eigenvalue weighted by atomic mass is 19.1. The number of aliphatic hydroxyl groups is 1. The number of nitrogens with zero attached hydrogens (tertiary/aromatic N) is 1. The lowest BCUT2D eigenvalue weighted by atomic mass is 10.1. The van der Waals surface area contributed by atoms with Gasteiger partial charge in [0.2, 0.25) is 0 Å². The zero-order valence-electron chi connectivity index (χ0n) is 8.68. The number of methoxy groups -OCH3 is 1. The van der Waals surface area contributed by atoms with Gasteiger partial charge < -0.3 is 9.84 Å². The molecule has 88 valence electrons. The van der Waals surface area contributed by atoms with Crippen LogP contribution >= 0.6 is 0 Å². The van der Waals surface area contributed by atoms with Gasteiger partial charge >= 0.3 is 5.97 Å². The molecule has 0 amide bonds. The highest BCUT2D eigenvalue weighted by Gasteiger charge is 2.16. The maximum atomic E-state index is 13.0. The Hall–Kier alpha value is -1.66. The molecule has 0 aliphatic carbocycles. The van der Waals surface area contributed by atoms with E-state index in [2.05, 4.69) is 4.74 Å². The molecule has 0 aromatic heterocycles. The fourth-order valence-electron chi connectivity index (χ4n) is 1.22. The standard InChI is InChI=1S/C10H12FNO4/c1-16-10(14)8-3-2-7(11)6-9(8)12(15)4-5-13/h2-3,6,13,15H,4-5H2,1H3. The molecule has 1 aromatic carbocycles. The van der Waals surface area contributed by atoms with Crippen LogP contribution in [0.3, 0.4) is 0 Å². The first kappa shape index (κ1) is 12.4. The normalized spacial score (nSPS) is 10.0. The van der Waals surface area contributed by atoms with Crippen LogP contribution in [0.5, 0.6) is 0 Å².